The van der Waals surface area contributed by atoms with E-state index >= 15 is 0 Å². The summed E-state index contributed by atoms with van der Waals surface area (Å²) in [6.07, 6.45) is 0. The fourth-order valence-electron chi connectivity index (χ4n) is 1.15. The maximum atomic E-state index is 5.68. The van der Waals surface area contributed by atoms with Crippen molar-refractivity contribution in [3.63, 3.8) is 0 Å². The van der Waals surface area contributed by atoms with Crippen molar-refractivity contribution in [3.8, 4) is 0 Å². The summed E-state index contributed by atoms with van der Waals surface area (Å²) in [5.41, 5.74) is 0. The van der Waals surface area contributed by atoms with Crippen LogP contribution in [0, 0.1) is 0 Å². The fourth-order valence-corrected chi connectivity index (χ4v) is 1.15. The van der Waals surface area contributed by atoms with E-state index in [-0.39, 0.29) is 0 Å². The molecule has 0 bridgehead atoms. The largest absolute Gasteiger partial charge is 0.379 e. The second kappa shape index (κ2) is 7.29. The summed E-state index contributed by atoms with van der Waals surface area (Å²) in [6, 6.07) is 0. The van der Waals surface area contributed by atoms with Gasteiger partial charge in [-0.15, -0.1) is 0 Å². The number of ether oxygens (including phenoxy) is 2. The summed E-state index contributed by atoms with van der Waals surface area (Å²) in [5.74, 6) is 0. The van der Waals surface area contributed by atoms with E-state index in [1.807, 2.05) is 0 Å². The number of hydrogen-bond acceptors (Lipinski definition) is 4. The minimum Gasteiger partial charge on any atom is -0.379 e. The third-order valence-corrected chi connectivity index (χ3v) is 2.09. The van der Waals surface area contributed by atoms with Crippen LogP contribution in [0.2, 0.25) is 0 Å². The number of nitrogens with zero attached hydrogens (tertiary/aromatic N) is 2. The van der Waals surface area contributed by atoms with E-state index in [1.54, 1.807) is 9.62 Å². The monoisotopic (exact) mass is 194 g/mol. The first-order valence-electron chi connectivity index (χ1n) is 4.94. The van der Waals surface area contributed by atoms with E-state index in [0.717, 1.165) is 26.2 Å². The van der Waals surface area contributed by atoms with Crippen molar-refractivity contribution in [2.75, 3.05) is 52.6 Å². The minimum atomic E-state index is 0.643. The Labute approximate surface area is 88.4 Å². The lowest BCUT2D eigenvalue weighted by atomic mass is 10.3. The summed E-state index contributed by atoms with van der Waals surface area (Å²) in [4.78, 5) is 3.42. The zero-order valence-electron chi connectivity index (χ0n) is 8.52. The van der Waals surface area contributed by atoms with Gasteiger partial charge in [-0.25, -0.2) is 0 Å². The van der Waals surface area contributed by atoms with Gasteiger partial charge in [-0.1, -0.05) is 0 Å². The molecule has 0 saturated carbocycles. The molecular formula is C8H16B2N2O2. The Morgan fingerprint density at radius 1 is 0.643 bits per heavy atom. The standard InChI is InChI=1S/C8H16B2N2O2/c9-11-1-5-13-7-3-12(10)4-8-14-6-2-11/h1-8H2. The molecular weight excluding hydrogens is 178 g/mol. The summed E-state index contributed by atoms with van der Waals surface area (Å²) in [6.45, 7) is 5.49. The van der Waals surface area contributed by atoms with Crippen LogP contribution in [0.25, 0.3) is 0 Å². The van der Waals surface area contributed by atoms with Crippen molar-refractivity contribution >= 4 is 16.0 Å². The van der Waals surface area contributed by atoms with Crippen LogP contribution in [0.15, 0.2) is 0 Å². The van der Waals surface area contributed by atoms with Gasteiger partial charge in [0.15, 0.2) is 16.0 Å². The third kappa shape index (κ3) is 5.65. The molecule has 1 rings (SSSR count). The second-order valence-corrected chi connectivity index (χ2v) is 3.30. The molecule has 1 aliphatic heterocycles. The summed E-state index contributed by atoms with van der Waals surface area (Å²) >= 11 is 0. The quantitative estimate of drug-likeness (QED) is 0.452. The molecule has 0 atom stereocenters. The maximum Gasteiger partial charge on any atom is 0.182 e. The van der Waals surface area contributed by atoms with Crippen LogP contribution in [0.4, 0.5) is 0 Å². The van der Waals surface area contributed by atoms with Gasteiger partial charge in [-0.05, 0) is 0 Å². The Bertz CT molecular complexity index is 123. The zero-order valence-corrected chi connectivity index (χ0v) is 8.52. The molecule has 4 radical (unpaired) electrons. The van der Waals surface area contributed by atoms with Gasteiger partial charge in [0.1, 0.15) is 0 Å². The van der Waals surface area contributed by atoms with Crippen LogP contribution in [0.3, 0.4) is 0 Å². The van der Waals surface area contributed by atoms with Gasteiger partial charge in [0.2, 0.25) is 0 Å². The molecule has 0 aromatic carbocycles. The van der Waals surface area contributed by atoms with E-state index in [4.69, 9.17) is 25.4 Å². The molecule has 0 spiro atoms. The lowest BCUT2D eigenvalue weighted by molar-refractivity contribution is 0.0740. The third-order valence-electron chi connectivity index (χ3n) is 2.09. The molecule has 0 aromatic heterocycles. The van der Waals surface area contributed by atoms with Crippen molar-refractivity contribution in [2.24, 2.45) is 0 Å². The molecule has 6 heteroatoms. The van der Waals surface area contributed by atoms with Crippen LogP contribution in [-0.4, -0.2) is 78.2 Å². The van der Waals surface area contributed by atoms with Crippen LogP contribution in [0.5, 0.6) is 0 Å². The first-order chi connectivity index (χ1) is 6.79. The zero-order chi connectivity index (χ0) is 10.2. The number of rotatable bonds is 0. The molecule has 0 aliphatic carbocycles. The predicted octanol–water partition coefficient (Wildman–Crippen LogP) is -1.20. The van der Waals surface area contributed by atoms with Crippen molar-refractivity contribution in [2.45, 2.75) is 0 Å². The van der Waals surface area contributed by atoms with Crippen LogP contribution in [0.1, 0.15) is 0 Å². The summed E-state index contributed by atoms with van der Waals surface area (Å²) < 4.78 is 10.7. The van der Waals surface area contributed by atoms with Crippen molar-refractivity contribution in [3.05, 3.63) is 0 Å². The van der Waals surface area contributed by atoms with Crippen LogP contribution < -0.4 is 0 Å². The Morgan fingerprint density at radius 3 is 1.21 bits per heavy atom. The Kier molecular flexibility index (Phi) is 6.27. The van der Waals surface area contributed by atoms with E-state index < -0.39 is 0 Å². The molecule has 0 unspecified atom stereocenters. The molecule has 0 aromatic rings. The van der Waals surface area contributed by atoms with Gasteiger partial charge in [0.25, 0.3) is 0 Å². The molecule has 1 heterocycles. The van der Waals surface area contributed by atoms with Gasteiger partial charge in [-0.2, -0.15) is 0 Å². The van der Waals surface area contributed by atoms with E-state index in [0.29, 0.717) is 26.4 Å². The maximum absolute atomic E-state index is 5.68. The van der Waals surface area contributed by atoms with Crippen molar-refractivity contribution in [1.82, 2.24) is 9.62 Å². The van der Waals surface area contributed by atoms with E-state index in [9.17, 15) is 0 Å². The Morgan fingerprint density at radius 2 is 0.929 bits per heavy atom. The second-order valence-electron chi connectivity index (χ2n) is 3.30. The van der Waals surface area contributed by atoms with Crippen molar-refractivity contribution in [1.29, 1.82) is 0 Å². The highest BCUT2D eigenvalue weighted by Gasteiger charge is 2.02. The van der Waals surface area contributed by atoms with Crippen LogP contribution >= 0.6 is 0 Å². The lowest BCUT2D eigenvalue weighted by Gasteiger charge is -2.21. The molecule has 1 fully saturated rings. The van der Waals surface area contributed by atoms with E-state index in [1.165, 1.54) is 0 Å². The van der Waals surface area contributed by atoms with Gasteiger partial charge >= 0.3 is 0 Å². The van der Waals surface area contributed by atoms with Crippen molar-refractivity contribution < 1.29 is 9.47 Å². The molecule has 0 amide bonds. The molecule has 76 valence electrons. The predicted molar refractivity (Wildman–Crippen MR) is 56.3 cm³/mol. The molecule has 1 aliphatic rings. The van der Waals surface area contributed by atoms with E-state index in [2.05, 4.69) is 0 Å². The fraction of sp³-hybridized carbons (Fsp3) is 1.00. The topological polar surface area (TPSA) is 24.9 Å². The Balaban J connectivity index is 2.19. The van der Waals surface area contributed by atoms with Gasteiger partial charge < -0.3 is 19.1 Å². The first kappa shape index (κ1) is 12.0. The average molecular weight is 194 g/mol. The van der Waals surface area contributed by atoms with Gasteiger partial charge in [-0.3, -0.25) is 0 Å². The highest BCUT2D eigenvalue weighted by molar-refractivity contribution is 6.04. The highest BCUT2D eigenvalue weighted by Crippen LogP contribution is 1.89. The molecule has 4 nitrogen and oxygen atoms in total. The molecule has 0 N–H and O–H groups in total. The van der Waals surface area contributed by atoms with Gasteiger partial charge in [0.05, 0.1) is 26.4 Å². The van der Waals surface area contributed by atoms with Gasteiger partial charge in [0, 0.05) is 26.2 Å². The molecule has 1 saturated heterocycles. The smallest absolute Gasteiger partial charge is 0.182 e. The highest BCUT2D eigenvalue weighted by atomic mass is 16.5. The average Bonchev–Trinajstić information content (AvgIpc) is 2.14. The number of hydrogen-bond donors (Lipinski definition) is 0. The summed E-state index contributed by atoms with van der Waals surface area (Å²) in [5, 5.41) is 0. The minimum absolute atomic E-state index is 0.643. The normalized spacial score (nSPS) is 25.1. The SMILES string of the molecule is [B]N1CCOCCN([B])CCOCC1. The first-order valence-corrected chi connectivity index (χ1v) is 4.94. The summed E-state index contributed by atoms with van der Waals surface area (Å²) in [7, 11) is 11.4. The Hall–Kier alpha value is -0.0301. The van der Waals surface area contributed by atoms with Crippen LogP contribution in [-0.2, 0) is 9.47 Å². The molecule has 14 heavy (non-hydrogen) atoms. The lowest BCUT2D eigenvalue weighted by Crippen LogP contribution is -2.33.